The molecule has 0 unspecified atom stereocenters. The lowest BCUT2D eigenvalue weighted by Gasteiger charge is -2.02. The largest absolute Gasteiger partial charge is 0.0865 e. The molecule has 0 saturated heterocycles. The lowest BCUT2D eigenvalue weighted by molar-refractivity contribution is 0.533. The first-order chi connectivity index (χ1) is 9.91. The van der Waals surface area contributed by atoms with Gasteiger partial charge >= 0.3 is 0 Å². The number of hydrogen-bond acceptors (Lipinski definition) is 0. The van der Waals surface area contributed by atoms with Crippen LogP contribution in [0.3, 0.4) is 0 Å². The van der Waals surface area contributed by atoms with E-state index in [1.54, 1.807) is 0 Å². The summed E-state index contributed by atoms with van der Waals surface area (Å²) in [5.41, 5.74) is 0. The maximum Gasteiger partial charge on any atom is 0.0101 e. The number of unbranched alkanes of at least 4 members (excludes halogenated alkanes) is 15. The summed E-state index contributed by atoms with van der Waals surface area (Å²) in [7, 11) is 0. The highest BCUT2D eigenvalue weighted by molar-refractivity contribution is 7.85. The predicted molar refractivity (Wildman–Crippen MR) is 94.9 cm³/mol. The molecule has 0 nitrogen and oxygen atoms in total. The minimum atomic E-state index is 1.00. The van der Waals surface area contributed by atoms with Crippen molar-refractivity contribution in [3.8, 4) is 11.2 Å². The molecule has 0 bridgehead atoms. The van der Waals surface area contributed by atoms with E-state index in [1.807, 2.05) is 0 Å². The first-order valence-corrected chi connectivity index (χ1v) is 9.42. The molecule has 0 N–H and O–H groups in total. The molecule has 0 amide bonds. The smallest absolute Gasteiger partial charge is 0.0101 e. The third-order valence-electron chi connectivity index (χ3n) is 3.98. The van der Waals surface area contributed by atoms with Gasteiger partial charge < -0.3 is 0 Å². The van der Waals surface area contributed by atoms with Crippen LogP contribution in [0.5, 0.6) is 0 Å². The van der Waals surface area contributed by atoms with E-state index in [-0.39, 0.29) is 0 Å². The van der Waals surface area contributed by atoms with E-state index in [1.165, 1.54) is 96.3 Å². The molecule has 117 valence electrons. The Labute approximate surface area is 133 Å². The Morgan fingerprint density at radius 1 is 0.550 bits per heavy atom. The maximum atomic E-state index is 4.60. The Balaban J connectivity index is 2.93. The van der Waals surface area contributed by atoms with E-state index in [0.717, 1.165) is 6.42 Å². The minimum Gasteiger partial charge on any atom is -0.0865 e. The van der Waals surface area contributed by atoms with Crippen LogP contribution in [-0.2, 0) is 0 Å². The van der Waals surface area contributed by atoms with Crippen molar-refractivity contribution in [2.75, 3.05) is 0 Å². The fraction of sp³-hybridized carbons (Fsp3) is 0.895. The molecule has 0 aliphatic carbocycles. The fourth-order valence-electron chi connectivity index (χ4n) is 2.64. The quantitative estimate of drug-likeness (QED) is 0.218. The van der Waals surface area contributed by atoms with Gasteiger partial charge in [-0.25, -0.2) is 0 Å². The standard InChI is InChI=1S/C19H35S/c1-2-3-4-5-6-7-8-9-10-11-12-13-14-15-16-17-18-19-20/h2-17H2,1H3. The van der Waals surface area contributed by atoms with Crippen molar-refractivity contribution in [2.24, 2.45) is 0 Å². The van der Waals surface area contributed by atoms with Crippen LogP contribution in [0.4, 0.5) is 0 Å². The van der Waals surface area contributed by atoms with Crippen molar-refractivity contribution in [1.82, 2.24) is 0 Å². The van der Waals surface area contributed by atoms with Crippen LogP contribution in [0, 0.1) is 11.2 Å². The molecule has 0 aliphatic rings. The third-order valence-corrected chi connectivity index (χ3v) is 4.12. The highest BCUT2D eigenvalue weighted by atomic mass is 32.1. The van der Waals surface area contributed by atoms with Crippen molar-refractivity contribution in [3.63, 3.8) is 0 Å². The van der Waals surface area contributed by atoms with Gasteiger partial charge in [0.25, 0.3) is 0 Å². The van der Waals surface area contributed by atoms with Gasteiger partial charge in [0.1, 0.15) is 0 Å². The van der Waals surface area contributed by atoms with E-state index in [4.69, 9.17) is 0 Å². The lowest BCUT2D eigenvalue weighted by Crippen LogP contribution is -1.83. The van der Waals surface area contributed by atoms with Crippen LogP contribution in [0.2, 0.25) is 0 Å². The van der Waals surface area contributed by atoms with E-state index >= 15 is 0 Å². The average Bonchev–Trinajstić information content (AvgIpc) is 2.47. The first kappa shape index (κ1) is 19.8. The van der Waals surface area contributed by atoms with Crippen LogP contribution in [0.1, 0.15) is 110 Å². The van der Waals surface area contributed by atoms with Crippen molar-refractivity contribution < 1.29 is 0 Å². The van der Waals surface area contributed by atoms with E-state index in [0.29, 0.717) is 0 Å². The summed E-state index contributed by atoms with van der Waals surface area (Å²) in [4.78, 5) is 0. The summed E-state index contributed by atoms with van der Waals surface area (Å²) in [5.74, 6) is 2.96. The predicted octanol–water partition coefficient (Wildman–Crippen LogP) is 7.41. The summed E-state index contributed by atoms with van der Waals surface area (Å²) in [6.45, 7) is 2.29. The third kappa shape index (κ3) is 17.8. The van der Waals surface area contributed by atoms with Crippen molar-refractivity contribution in [2.45, 2.75) is 110 Å². The van der Waals surface area contributed by atoms with Gasteiger partial charge in [0.05, 0.1) is 0 Å². The zero-order chi connectivity index (χ0) is 14.7. The molecular weight excluding hydrogens is 260 g/mol. The summed E-state index contributed by atoms with van der Waals surface area (Å²) in [5, 5.41) is 2.55. The second-order valence-electron chi connectivity index (χ2n) is 5.98. The Morgan fingerprint density at radius 3 is 1.25 bits per heavy atom. The molecule has 0 atom stereocenters. The second-order valence-corrected chi connectivity index (χ2v) is 6.18. The number of rotatable bonds is 15. The van der Waals surface area contributed by atoms with Gasteiger partial charge in [0.2, 0.25) is 0 Å². The Morgan fingerprint density at radius 2 is 0.900 bits per heavy atom. The van der Waals surface area contributed by atoms with Crippen LogP contribution in [-0.4, -0.2) is 0 Å². The van der Waals surface area contributed by atoms with Gasteiger partial charge in [-0.1, -0.05) is 103 Å². The van der Waals surface area contributed by atoms with Crippen LogP contribution in [0.15, 0.2) is 0 Å². The highest BCUT2D eigenvalue weighted by Crippen LogP contribution is 2.13. The Hall–Kier alpha value is -0.220. The van der Waals surface area contributed by atoms with Crippen molar-refractivity contribution in [1.29, 1.82) is 0 Å². The monoisotopic (exact) mass is 295 g/mol. The molecule has 0 rings (SSSR count). The lowest BCUT2D eigenvalue weighted by atomic mass is 10.0. The molecule has 0 fully saturated rings. The molecule has 0 saturated carbocycles. The molecule has 20 heavy (non-hydrogen) atoms. The highest BCUT2D eigenvalue weighted by Gasteiger charge is 1.93. The van der Waals surface area contributed by atoms with Gasteiger partial charge in [0, 0.05) is 11.7 Å². The molecule has 0 spiro atoms. The molecule has 0 aromatic heterocycles. The van der Waals surface area contributed by atoms with Gasteiger partial charge in [0.15, 0.2) is 0 Å². The zero-order valence-corrected chi connectivity index (χ0v) is 14.5. The van der Waals surface area contributed by atoms with Gasteiger partial charge in [-0.05, 0) is 19.0 Å². The molecular formula is C19H35S. The zero-order valence-electron chi connectivity index (χ0n) is 13.7. The minimum absolute atomic E-state index is 1.00. The van der Waals surface area contributed by atoms with Gasteiger partial charge in [-0.15, -0.1) is 0 Å². The summed E-state index contributed by atoms with van der Waals surface area (Å²) >= 11 is 4.60. The van der Waals surface area contributed by atoms with Gasteiger partial charge in [-0.2, -0.15) is 0 Å². The van der Waals surface area contributed by atoms with Crippen molar-refractivity contribution in [3.05, 3.63) is 0 Å². The normalized spacial score (nSPS) is 10.2. The SMILES string of the molecule is CCCCCCCCCCCCCCCCCC#C[S]. The van der Waals surface area contributed by atoms with Crippen molar-refractivity contribution >= 4 is 12.6 Å². The summed E-state index contributed by atoms with van der Waals surface area (Å²) in [6.07, 6.45) is 22.3. The van der Waals surface area contributed by atoms with Crippen LogP contribution < -0.4 is 0 Å². The Kier molecular flexibility index (Phi) is 18.6. The van der Waals surface area contributed by atoms with E-state index in [2.05, 4.69) is 30.7 Å². The molecule has 0 heterocycles. The molecule has 0 aromatic rings. The van der Waals surface area contributed by atoms with Crippen LogP contribution in [0.25, 0.3) is 0 Å². The molecule has 1 radical (unpaired) electrons. The fourth-order valence-corrected chi connectivity index (χ4v) is 2.74. The van der Waals surface area contributed by atoms with E-state index in [9.17, 15) is 0 Å². The summed E-state index contributed by atoms with van der Waals surface area (Å²) in [6, 6.07) is 0. The molecule has 0 aliphatic heterocycles. The van der Waals surface area contributed by atoms with E-state index < -0.39 is 0 Å². The number of hydrogen-bond donors (Lipinski definition) is 0. The summed E-state index contributed by atoms with van der Waals surface area (Å²) < 4.78 is 0. The molecule has 0 aromatic carbocycles. The average molecular weight is 296 g/mol. The van der Waals surface area contributed by atoms with Crippen LogP contribution >= 0.6 is 12.6 Å². The van der Waals surface area contributed by atoms with Gasteiger partial charge in [-0.3, -0.25) is 0 Å². The topological polar surface area (TPSA) is 0 Å². The first-order valence-electron chi connectivity index (χ1n) is 9.01. The Bertz CT molecular complexity index is 224. The second kappa shape index (κ2) is 18.8. The maximum absolute atomic E-state index is 4.60. The molecule has 1 heteroatoms.